The Balaban J connectivity index is 3.11. The number of nitrogens with one attached hydrogen (secondary N) is 1. The second-order valence-corrected chi connectivity index (χ2v) is 9.10. The predicted octanol–water partition coefficient (Wildman–Crippen LogP) is 8.14. The summed E-state index contributed by atoms with van der Waals surface area (Å²) in [4.78, 5) is 0. The Morgan fingerprint density at radius 3 is 1.21 bits per heavy atom. The van der Waals surface area contributed by atoms with Crippen LogP contribution in [-0.4, -0.2) is 19.1 Å². The molecule has 0 radical (unpaired) electrons. The van der Waals surface area contributed by atoms with Gasteiger partial charge in [0.05, 0.1) is 0 Å². The van der Waals surface area contributed by atoms with Gasteiger partial charge in [-0.2, -0.15) is 0 Å². The molecule has 28 heavy (non-hydrogen) atoms. The normalized spacial score (nSPS) is 12.5. The summed E-state index contributed by atoms with van der Waals surface area (Å²) in [6, 6.07) is 0.449. The summed E-state index contributed by atoms with van der Waals surface area (Å²) in [5.41, 5.74) is 6.29. The van der Waals surface area contributed by atoms with Crippen molar-refractivity contribution < 1.29 is 0 Å². The fourth-order valence-corrected chi connectivity index (χ4v) is 4.03. The monoisotopic (exact) mass is 396 g/mol. The van der Waals surface area contributed by atoms with Gasteiger partial charge in [0.25, 0.3) is 0 Å². The SMILES string of the molecule is CCCCCCCCCCNCCCCCC(N)CCCCCCCCCC. The molecule has 0 amide bonds. The van der Waals surface area contributed by atoms with Gasteiger partial charge in [-0.1, -0.05) is 123 Å². The molecule has 2 heteroatoms. The quantitative estimate of drug-likeness (QED) is 0.162. The minimum absolute atomic E-state index is 0.449. The van der Waals surface area contributed by atoms with Gasteiger partial charge in [0.1, 0.15) is 0 Å². The van der Waals surface area contributed by atoms with E-state index in [9.17, 15) is 0 Å². The molecule has 3 N–H and O–H groups in total. The van der Waals surface area contributed by atoms with Crippen LogP contribution in [0.15, 0.2) is 0 Å². The van der Waals surface area contributed by atoms with Crippen LogP contribution in [0.5, 0.6) is 0 Å². The van der Waals surface area contributed by atoms with E-state index in [0.717, 1.165) is 0 Å². The van der Waals surface area contributed by atoms with Crippen molar-refractivity contribution in [3.8, 4) is 0 Å². The first kappa shape index (κ1) is 27.9. The molecule has 0 bridgehead atoms. The van der Waals surface area contributed by atoms with E-state index < -0.39 is 0 Å². The van der Waals surface area contributed by atoms with Crippen molar-refractivity contribution >= 4 is 0 Å². The van der Waals surface area contributed by atoms with Gasteiger partial charge in [-0.15, -0.1) is 0 Å². The third-order valence-electron chi connectivity index (χ3n) is 6.06. The van der Waals surface area contributed by atoms with Crippen LogP contribution in [0, 0.1) is 0 Å². The molecule has 1 atom stereocenters. The van der Waals surface area contributed by atoms with E-state index in [4.69, 9.17) is 5.73 Å². The summed E-state index contributed by atoms with van der Waals surface area (Å²) in [6.45, 7) is 6.99. The molecule has 170 valence electrons. The second kappa shape index (κ2) is 25.0. The van der Waals surface area contributed by atoms with Crippen molar-refractivity contribution in [1.29, 1.82) is 0 Å². The maximum absolute atomic E-state index is 6.29. The Morgan fingerprint density at radius 2 is 0.786 bits per heavy atom. The highest BCUT2D eigenvalue weighted by atomic mass is 14.8. The van der Waals surface area contributed by atoms with Crippen molar-refractivity contribution in [2.24, 2.45) is 5.73 Å². The Hall–Kier alpha value is -0.0800. The Morgan fingerprint density at radius 1 is 0.464 bits per heavy atom. The molecule has 0 aromatic carbocycles. The van der Waals surface area contributed by atoms with Crippen LogP contribution in [0.25, 0.3) is 0 Å². The van der Waals surface area contributed by atoms with Crippen LogP contribution in [0.3, 0.4) is 0 Å². The van der Waals surface area contributed by atoms with Crippen LogP contribution in [0.2, 0.25) is 0 Å². The number of hydrogen-bond donors (Lipinski definition) is 2. The lowest BCUT2D eigenvalue weighted by atomic mass is 10.0. The number of hydrogen-bond acceptors (Lipinski definition) is 2. The molecule has 0 spiro atoms. The Labute approximate surface area is 179 Å². The van der Waals surface area contributed by atoms with Crippen LogP contribution >= 0.6 is 0 Å². The highest BCUT2D eigenvalue weighted by Gasteiger charge is 2.02. The van der Waals surface area contributed by atoms with Crippen molar-refractivity contribution in [1.82, 2.24) is 5.32 Å². The van der Waals surface area contributed by atoms with Crippen molar-refractivity contribution in [2.75, 3.05) is 13.1 Å². The standard InChI is InChI=1S/C26H56N2/c1-3-5-7-9-11-13-15-18-22-26(27)23-19-17-21-25-28-24-20-16-14-12-10-8-6-4-2/h26,28H,3-25,27H2,1-2H3. The van der Waals surface area contributed by atoms with E-state index in [-0.39, 0.29) is 0 Å². The molecule has 0 fully saturated rings. The molecular formula is C26H56N2. The minimum atomic E-state index is 0.449. The average Bonchev–Trinajstić information content (AvgIpc) is 2.70. The van der Waals surface area contributed by atoms with Gasteiger partial charge in [-0.25, -0.2) is 0 Å². The second-order valence-electron chi connectivity index (χ2n) is 9.10. The van der Waals surface area contributed by atoms with Crippen LogP contribution in [0.4, 0.5) is 0 Å². The third-order valence-corrected chi connectivity index (χ3v) is 6.06. The number of rotatable bonds is 24. The molecule has 0 aliphatic heterocycles. The maximum atomic E-state index is 6.29. The molecule has 0 aliphatic carbocycles. The minimum Gasteiger partial charge on any atom is -0.328 e. The van der Waals surface area contributed by atoms with Crippen molar-refractivity contribution in [3.05, 3.63) is 0 Å². The van der Waals surface area contributed by atoms with Gasteiger partial charge in [-0.3, -0.25) is 0 Å². The smallest absolute Gasteiger partial charge is 0.00388 e. The summed E-state index contributed by atoms with van der Waals surface area (Å²) in [7, 11) is 0. The van der Waals surface area contributed by atoms with E-state index >= 15 is 0 Å². The van der Waals surface area contributed by atoms with Gasteiger partial charge in [0, 0.05) is 6.04 Å². The average molecular weight is 397 g/mol. The van der Waals surface area contributed by atoms with Crippen LogP contribution < -0.4 is 11.1 Å². The van der Waals surface area contributed by atoms with Crippen molar-refractivity contribution in [3.63, 3.8) is 0 Å². The highest BCUT2D eigenvalue weighted by Crippen LogP contribution is 2.12. The van der Waals surface area contributed by atoms with Gasteiger partial charge in [-0.05, 0) is 38.8 Å². The van der Waals surface area contributed by atoms with Crippen LogP contribution in [-0.2, 0) is 0 Å². The van der Waals surface area contributed by atoms with E-state index in [0.29, 0.717) is 6.04 Å². The fraction of sp³-hybridized carbons (Fsp3) is 1.00. The van der Waals surface area contributed by atoms with Crippen molar-refractivity contribution in [2.45, 2.75) is 155 Å². The summed E-state index contributed by atoms with van der Waals surface area (Å²) in [5.74, 6) is 0. The zero-order chi connectivity index (χ0) is 20.5. The third kappa shape index (κ3) is 24.0. The summed E-state index contributed by atoms with van der Waals surface area (Å²) in [5, 5.41) is 3.62. The first-order chi connectivity index (χ1) is 13.8. The van der Waals surface area contributed by atoms with E-state index in [1.165, 1.54) is 148 Å². The van der Waals surface area contributed by atoms with E-state index in [1.807, 2.05) is 0 Å². The van der Waals surface area contributed by atoms with Gasteiger partial charge in [0.15, 0.2) is 0 Å². The molecule has 0 aromatic heterocycles. The largest absolute Gasteiger partial charge is 0.328 e. The molecule has 0 rings (SSSR count). The number of nitrogens with two attached hydrogens (primary N) is 1. The van der Waals surface area contributed by atoms with Gasteiger partial charge in [0.2, 0.25) is 0 Å². The molecule has 1 unspecified atom stereocenters. The Kier molecular flexibility index (Phi) is 24.9. The highest BCUT2D eigenvalue weighted by molar-refractivity contribution is 4.62. The zero-order valence-corrected chi connectivity index (χ0v) is 19.9. The topological polar surface area (TPSA) is 38.0 Å². The first-order valence-electron chi connectivity index (χ1n) is 13.3. The van der Waals surface area contributed by atoms with E-state index in [1.54, 1.807) is 0 Å². The summed E-state index contributed by atoms with van der Waals surface area (Å²) >= 11 is 0. The predicted molar refractivity (Wildman–Crippen MR) is 129 cm³/mol. The van der Waals surface area contributed by atoms with E-state index in [2.05, 4.69) is 19.2 Å². The number of unbranched alkanes of at least 4 members (excludes halogenated alkanes) is 16. The maximum Gasteiger partial charge on any atom is 0.00388 e. The molecule has 0 heterocycles. The van der Waals surface area contributed by atoms with Gasteiger partial charge < -0.3 is 11.1 Å². The summed E-state index contributed by atoms with van der Waals surface area (Å²) < 4.78 is 0. The fourth-order valence-electron chi connectivity index (χ4n) is 4.03. The lowest BCUT2D eigenvalue weighted by Gasteiger charge is -2.11. The molecule has 0 saturated carbocycles. The molecule has 0 saturated heterocycles. The Bertz CT molecular complexity index is 267. The zero-order valence-electron chi connectivity index (χ0n) is 19.9. The molecular weight excluding hydrogens is 340 g/mol. The lowest BCUT2D eigenvalue weighted by molar-refractivity contribution is 0.481. The summed E-state index contributed by atoms with van der Waals surface area (Å²) in [6.07, 6.45) is 29.0. The molecule has 0 aliphatic rings. The first-order valence-corrected chi connectivity index (χ1v) is 13.3. The molecule has 0 aromatic rings. The molecule has 2 nitrogen and oxygen atoms in total. The lowest BCUT2D eigenvalue weighted by Crippen LogP contribution is -2.20. The van der Waals surface area contributed by atoms with Crippen LogP contribution in [0.1, 0.15) is 149 Å². The van der Waals surface area contributed by atoms with Gasteiger partial charge >= 0.3 is 0 Å².